The van der Waals surface area contributed by atoms with Crippen molar-refractivity contribution in [2.45, 2.75) is 18.9 Å². The first-order chi connectivity index (χ1) is 9.15. The van der Waals surface area contributed by atoms with E-state index in [1.165, 1.54) is 4.31 Å². The Morgan fingerprint density at radius 3 is 2.65 bits per heavy atom. The summed E-state index contributed by atoms with van der Waals surface area (Å²) in [4.78, 5) is 14.2. The van der Waals surface area contributed by atoms with Crippen molar-refractivity contribution in [3.8, 4) is 0 Å². The van der Waals surface area contributed by atoms with Crippen LogP contribution < -0.4 is 5.32 Å². The Balaban J connectivity index is 2.53. The van der Waals surface area contributed by atoms with E-state index in [4.69, 9.17) is 4.74 Å². The molecule has 1 saturated heterocycles. The summed E-state index contributed by atoms with van der Waals surface area (Å²) in [6.45, 7) is 3.65. The highest BCUT2D eigenvalue weighted by atomic mass is 32.2. The molecule has 7 nitrogen and oxygen atoms in total. The molecule has 0 aromatic carbocycles. The van der Waals surface area contributed by atoms with Gasteiger partial charge in [0.1, 0.15) is 0 Å². The number of nitrogens with zero attached hydrogens (tertiary/aromatic N) is 2. The molecule has 0 bridgehead atoms. The van der Waals surface area contributed by atoms with Crippen molar-refractivity contribution in [3.05, 3.63) is 0 Å². The molecule has 0 spiro atoms. The molecule has 1 aliphatic rings. The third-order valence-electron chi connectivity index (χ3n) is 3.26. The molecule has 1 rings (SSSR count). The predicted octanol–water partition coefficient (Wildman–Crippen LogP) is -0.895. The Morgan fingerprint density at radius 2 is 2.10 bits per heavy atom. The molecular weight excluding hydrogens is 282 g/mol. The Kier molecular flexibility index (Phi) is 5.93. The van der Waals surface area contributed by atoms with E-state index in [9.17, 15) is 13.2 Å². The third kappa shape index (κ3) is 5.01. The number of carbonyl (C=O) groups is 1. The van der Waals surface area contributed by atoms with Crippen molar-refractivity contribution < 1.29 is 17.9 Å². The van der Waals surface area contributed by atoms with Gasteiger partial charge in [-0.3, -0.25) is 4.79 Å². The Morgan fingerprint density at radius 1 is 1.45 bits per heavy atom. The first-order valence-corrected chi connectivity index (χ1v) is 8.52. The second-order valence-electron chi connectivity index (χ2n) is 5.59. The molecule has 1 unspecified atom stereocenters. The Bertz CT molecular complexity index is 438. The van der Waals surface area contributed by atoms with E-state index in [1.807, 2.05) is 19.0 Å². The predicted molar refractivity (Wildman–Crippen MR) is 77.0 cm³/mol. The number of hydrogen-bond acceptors (Lipinski definition) is 5. The van der Waals surface area contributed by atoms with Crippen molar-refractivity contribution in [1.29, 1.82) is 0 Å². The van der Waals surface area contributed by atoms with E-state index in [1.54, 1.807) is 6.92 Å². The van der Waals surface area contributed by atoms with Crippen LogP contribution in [-0.2, 0) is 19.6 Å². The van der Waals surface area contributed by atoms with Crippen molar-refractivity contribution in [1.82, 2.24) is 14.5 Å². The van der Waals surface area contributed by atoms with Gasteiger partial charge in [-0.15, -0.1) is 0 Å². The van der Waals surface area contributed by atoms with Gasteiger partial charge in [0.25, 0.3) is 5.91 Å². The number of sulfonamides is 1. The number of morpholine rings is 1. The molecule has 0 saturated carbocycles. The van der Waals surface area contributed by atoms with Crippen LogP contribution in [0.2, 0.25) is 0 Å². The molecule has 0 aromatic heterocycles. The molecule has 20 heavy (non-hydrogen) atoms. The summed E-state index contributed by atoms with van der Waals surface area (Å²) in [6.07, 6.45) is 1.98. The number of hydrogen-bond donors (Lipinski definition) is 1. The van der Waals surface area contributed by atoms with Gasteiger partial charge in [-0.2, -0.15) is 4.31 Å². The van der Waals surface area contributed by atoms with Crippen LogP contribution in [0.5, 0.6) is 0 Å². The van der Waals surface area contributed by atoms with Crippen LogP contribution in [0, 0.1) is 0 Å². The maximum Gasteiger partial charge on any atom is 0.253 e. The van der Waals surface area contributed by atoms with E-state index < -0.39 is 15.6 Å². The fraction of sp³-hybridized carbons (Fsp3) is 0.917. The molecule has 1 fully saturated rings. The lowest BCUT2D eigenvalue weighted by Crippen LogP contribution is -2.59. The minimum atomic E-state index is -3.30. The van der Waals surface area contributed by atoms with Gasteiger partial charge in [-0.25, -0.2) is 8.42 Å². The van der Waals surface area contributed by atoms with Gasteiger partial charge in [0, 0.05) is 13.1 Å². The van der Waals surface area contributed by atoms with Crippen molar-refractivity contribution >= 4 is 15.9 Å². The van der Waals surface area contributed by atoms with Crippen LogP contribution in [0.3, 0.4) is 0 Å². The van der Waals surface area contributed by atoms with Crippen LogP contribution in [0.15, 0.2) is 0 Å². The van der Waals surface area contributed by atoms with Crippen molar-refractivity contribution in [3.63, 3.8) is 0 Å². The number of nitrogens with one attached hydrogen (secondary N) is 1. The lowest BCUT2D eigenvalue weighted by Gasteiger charge is -2.38. The minimum absolute atomic E-state index is 0.0609. The highest BCUT2D eigenvalue weighted by Crippen LogP contribution is 2.19. The van der Waals surface area contributed by atoms with Gasteiger partial charge in [0.05, 0.1) is 19.4 Å². The van der Waals surface area contributed by atoms with Crippen LogP contribution in [0.25, 0.3) is 0 Å². The summed E-state index contributed by atoms with van der Waals surface area (Å²) < 4.78 is 29.9. The molecule has 118 valence electrons. The second-order valence-corrected chi connectivity index (χ2v) is 7.57. The standard InChI is InChI=1S/C12H25N3O4S/c1-12(11(16)13-6-5-7-14(2)3)10-15(8-9-19-12)20(4,17)18/h5-10H2,1-4H3,(H,13,16). The largest absolute Gasteiger partial charge is 0.363 e. The highest BCUT2D eigenvalue weighted by Gasteiger charge is 2.41. The summed E-state index contributed by atoms with van der Waals surface area (Å²) in [5.74, 6) is -0.260. The summed E-state index contributed by atoms with van der Waals surface area (Å²) >= 11 is 0. The first kappa shape index (κ1) is 17.4. The number of ether oxygens (including phenoxy) is 1. The van der Waals surface area contributed by atoms with Crippen molar-refractivity contribution in [2.24, 2.45) is 0 Å². The van der Waals surface area contributed by atoms with E-state index in [2.05, 4.69) is 5.32 Å². The van der Waals surface area contributed by atoms with E-state index in [0.717, 1.165) is 19.2 Å². The van der Waals surface area contributed by atoms with E-state index in [-0.39, 0.29) is 19.1 Å². The van der Waals surface area contributed by atoms with Crippen LogP contribution in [0.4, 0.5) is 0 Å². The Labute approximate surface area is 121 Å². The van der Waals surface area contributed by atoms with Gasteiger partial charge in [-0.05, 0) is 34.0 Å². The summed E-state index contributed by atoms with van der Waals surface area (Å²) in [7, 11) is 0.639. The molecule has 8 heteroatoms. The molecule has 1 N–H and O–H groups in total. The fourth-order valence-corrected chi connectivity index (χ4v) is 2.93. The van der Waals surface area contributed by atoms with E-state index in [0.29, 0.717) is 13.1 Å². The molecule has 1 heterocycles. The molecule has 1 atom stereocenters. The van der Waals surface area contributed by atoms with Crippen LogP contribution in [0.1, 0.15) is 13.3 Å². The SMILES string of the molecule is CN(C)CCCNC(=O)C1(C)CN(S(C)(=O)=O)CCO1. The van der Waals surface area contributed by atoms with Gasteiger partial charge in [0.2, 0.25) is 10.0 Å². The average Bonchev–Trinajstić information content (AvgIpc) is 2.33. The number of amides is 1. The molecular formula is C12H25N3O4S. The summed E-state index contributed by atoms with van der Waals surface area (Å²) in [5, 5.41) is 2.81. The molecule has 1 amide bonds. The average molecular weight is 307 g/mol. The zero-order chi connectivity index (χ0) is 15.4. The highest BCUT2D eigenvalue weighted by molar-refractivity contribution is 7.88. The molecule has 0 radical (unpaired) electrons. The zero-order valence-electron chi connectivity index (χ0n) is 12.7. The minimum Gasteiger partial charge on any atom is -0.363 e. The van der Waals surface area contributed by atoms with Gasteiger partial charge in [0.15, 0.2) is 5.60 Å². The molecule has 1 aliphatic heterocycles. The van der Waals surface area contributed by atoms with Crippen LogP contribution >= 0.6 is 0 Å². The van der Waals surface area contributed by atoms with Crippen molar-refractivity contribution in [2.75, 3.05) is 53.1 Å². The fourth-order valence-electron chi connectivity index (χ4n) is 2.04. The summed E-state index contributed by atoms with van der Waals surface area (Å²) in [6, 6.07) is 0. The Hall–Kier alpha value is -0.700. The third-order valence-corrected chi connectivity index (χ3v) is 4.51. The van der Waals surface area contributed by atoms with Gasteiger partial charge < -0.3 is 15.0 Å². The van der Waals surface area contributed by atoms with Gasteiger partial charge in [-0.1, -0.05) is 0 Å². The quantitative estimate of drug-likeness (QED) is 0.644. The normalized spacial score (nSPS) is 24.9. The monoisotopic (exact) mass is 307 g/mol. The lowest BCUT2D eigenvalue weighted by molar-refractivity contribution is -0.152. The second kappa shape index (κ2) is 6.84. The smallest absolute Gasteiger partial charge is 0.253 e. The maximum atomic E-state index is 12.2. The van der Waals surface area contributed by atoms with Crippen LogP contribution in [-0.4, -0.2) is 82.3 Å². The molecule has 0 aliphatic carbocycles. The van der Waals surface area contributed by atoms with E-state index >= 15 is 0 Å². The molecule has 0 aromatic rings. The number of carbonyl (C=O) groups excluding carboxylic acids is 1. The number of rotatable bonds is 6. The van der Waals surface area contributed by atoms with Gasteiger partial charge >= 0.3 is 0 Å². The zero-order valence-corrected chi connectivity index (χ0v) is 13.5. The summed E-state index contributed by atoms with van der Waals surface area (Å²) in [5.41, 5.74) is -1.11. The topological polar surface area (TPSA) is 79.0 Å². The first-order valence-electron chi connectivity index (χ1n) is 6.67. The maximum absolute atomic E-state index is 12.2. The lowest BCUT2D eigenvalue weighted by atomic mass is 10.0.